The van der Waals surface area contributed by atoms with Crippen LogP contribution < -0.4 is 0 Å². The van der Waals surface area contributed by atoms with Crippen LogP contribution in [-0.2, 0) is 4.74 Å². The minimum Gasteiger partial charge on any atom is -0.372 e. The molecule has 0 aromatic heterocycles. The lowest BCUT2D eigenvalue weighted by atomic mass is 10.00. The van der Waals surface area contributed by atoms with Crippen molar-refractivity contribution in [1.82, 2.24) is 0 Å². The highest BCUT2D eigenvalue weighted by atomic mass is 127. The zero-order valence-electron chi connectivity index (χ0n) is 12.5. The highest BCUT2D eigenvalue weighted by Crippen LogP contribution is 2.25. The Morgan fingerprint density at radius 2 is 1.95 bits per heavy atom. The molecule has 1 rings (SSSR count). The summed E-state index contributed by atoms with van der Waals surface area (Å²) in [6.07, 6.45) is 5.37. The SMILES string of the molecule is CCCCC(CC)COC(CI)c1ccccc1C. The third-order valence-electron chi connectivity index (χ3n) is 3.75. The molecule has 0 spiro atoms. The van der Waals surface area contributed by atoms with Crippen LogP contribution in [0, 0.1) is 12.8 Å². The predicted molar refractivity (Wildman–Crippen MR) is 92.1 cm³/mol. The first kappa shape index (κ1) is 17.0. The van der Waals surface area contributed by atoms with E-state index in [1.165, 1.54) is 36.8 Å². The van der Waals surface area contributed by atoms with Crippen LogP contribution in [0.1, 0.15) is 56.8 Å². The molecule has 2 atom stereocenters. The number of alkyl halides is 1. The first-order valence-electron chi connectivity index (χ1n) is 7.45. The summed E-state index contributed by atoms with van der Waals surface area (Å²) in [6.45, 7) is 7.61. The van der Waals surface area contributed by atoms with E-state index in [4.69, 9.17) is 4.74 Å². The predicted octanol–water partition coefficient (Wildman–Crippen LogP) is 5.70. The van der Waals surface area contributed by atoms with Gasteiger partial charge in [-0.3, -0.25) is 0 Å². The first-order chi connectivity index (χ1) is 9.22. The van der Waals surface area contributed by atoms with Gasteiger partial charge in [-0.2, -0.15) is 0 Å². The van der Waals surface area contributed by atoms with Gasteiger partial charge in [0, 0.05) is 4.43 Å². The summed E-state index contributed by atoms with van der Waals surface area (Å²) < 4.78 is 7.22. The van der Waals surface area contributed by atoms with Gasteiger partial charge < -0.3 is 4.74 Å². The van der Waals surface area contributed by atoms with Crippen molar-refractivity contribution in [2.45, 2.75) is 52.6 Å². The average Bonchev–Trinajstić information content (AvgIpc) is 2.44. The molecule has 2 heteroatoms. The quantitative estimate of drug-likeness (QED) is 0.398. The second-order valence-electron chi connectivity index (χ2n) is 5.25. The van der Waals surface area contributed by atoms with Gasteiger partial charge in [0.2, 0.25) is 0 Å². The van der Waals surface area contributed by atoms with Crippen LogP contribution in [0.25, 0.3) is 0 Å². The maximum Gasteiger partial charge on any atom is 0.0916 e. The van der Waals surface area contributed by atoms with E-state index < -0.39 is 0 Å². The molecule has 0 bridgehead atoms. The van der Waals surface area contributed by atoms with Crippen molar-refractivity contribution in [2.24, 2.45) is 5.92 Å². The number of aryl methyl sites for hydroxylation is 1. The normalized spacial score (nSPS) is 14.3. The van der Waals surface area contributed by atoms with Gasteiger partial charge in [0.1, 0.15) is 0 Å². The molecule has 0 N–H and O–H groups in total. The minimum absolute atomic E-state index is 0.248. The van der Waals surface area contributed by atoms with Crippen LogP contribution in [0.3, 0.4) is 0 Å². The zero-order valence-corrected chi connectivity index (χ0v) is 14.7. The third kappa shape index (κ3) is 5.82. The van der Waals surface area contributed by atoms with E-state index in [2.05, 4.69) is 67.6 Å². The molecular formula is C17H27IO. The van der Waals surface area contributed by atoms with Crippen molar-refractivity contribution in [3.63, 3.8) is 0 Å². The van der Waals surface area contributed by atoms with E-state index in [0.29, 0.717) is 0 Å². The van der Waals surface area contributed by atoms with Gasteiger partial charge in [0.25, 0.3) is 0 Å². The van der Waals surface area contributed by atoms with Gasteiger partial charge in [-0.25, -0.2) is 0 Å². The fourth-order valence-electron chi connectivity index (χ4n) is 2.32. The second kappa shape index (κ2) is 9.76. The van der Waals surface area contributed by atoms with Gasteiger partial charge in [0.15, 0.2) is 0 Å². The van der Waals surface area contributed by atoms with Gasteiger partial charge >= 0.3 is 0 Å². The van der Waals surface area contributed by atoms with Crippen LogP contribution in [0.5, 0.6) is 0 Å². The second-order valence-corrected chi connectivity index (χ2v) is 6.13. The van der Waals surface area contributed by atoms with E-state index in [9.17, 15) is 0 Å². The monoisotopic (exact) mass is 374 g/mol. The van der Waals surface area contributed by atoms with Crippen LogP contribution in [0.2, 0.25) is 0 Å². The highest BCUT2D eigenvalue weighted by molar-refractivity contribution is 14.1. The van der Waals surface area contributed by atoms with Crippen LogP contribution in [0.15, 0.2) is 24.3 Å². The lowest BCUT2D eigenvalue weighted by Crippen LogP contribution is -2.14. The van der Waals surface area contributed by atoms with Crippen LogP contribution in [0.4, 0.5) is 0 Å². The van der Waals surface area contributed by atoms with E-state index in [-0.39, 0.29) is 6.10 Å². The minimum atomic E-state index is 0.248. The summed E-state index contributed by atoms with van der Waals surface area (Å²) in [5, 5.41) is 0. The Bertz CT molecular complexity index is 351. The Kier molecular flexibility index (Phi) is 8.71. The number of rotatable bonds is 9. The lowest BCUT2D eigenvalue weighted by Gasteiger charge is -2.22. The van der Waals surface area contributed by atoms with Gasteiger partial charge in [-0.05, 0) is 30.4 Å². The number of halogens is 1. The molecule has 1 nitrogen and oxygen atoms in total. The van der Waals surface area contributed by atoms with Crippen molar-refractivity contribution in [2.75, 3.05) is 11.0 Å². The Labute approximate surface area is 132 Å². The molecule has 1 aromatic rings. The van der Waals surface area contributed by atoms with Crippen LogP contribution >= 0.6 is 22.6 Å². The van der Waals surface area contributed by atoms with E-state index in [0.717, 1.165) is 17.0 Å². The van der Waals surface area contributed by atoms with E-state index in [1.807, 2.05) is 0 Å². The smallest absolute Gasteiger partial charge is 0.0916 e. The standard InChI is InChI=1S/C17H27IO/c1-4-6-10-15(5-2)13-19-17(12-18)16-11-8-7-9-14(16)3/h7-9,11,15,17H,4-6,10,12-13H2,1-3H3. The molecule has 0 saturated heterocycles. The molecule has 0 heterocycles. The molecule has 0 fully saturated rings. The summed E-state index contributed by atoms with van der Waals surface area (Å²) in [5.41, 5.74) is 2.69. The maximum atomic E-state index is 6.20. The average molecular weight is 374 g/mol. The molecule has 0 saturated carbocycles. The van der Waals surface area contributed by atoms with Crippen molar-refractivity contribution in [1.29, 1.82) is 0 Å². The fourth-order valence-corrected chi connectivity index (χ4v) is 3.04. The summed E-state index contributed by atoms with van der Waals surface area (Å²) >= 11 is 2.43. The third-order valence-corrected chi connectivity index (χ3v) is 4.55. The summed E-state index contributed by atoms with van der Waals surface area (Å²) in [5.74, 6) is 0.717. The largest absolute Gasteiger partial charge is 0.372 e. The number of hydrogen-bond donors (Lipinski definition) is 0. The molecule has 0 aliphatic heterocycles. The van der Waals surface area contributed by atoms with Gasteiger partial charge in [0.05, 0.1) is 12.7 Å². The van der Waals surface area contributed by atoms with Crippen molar-refractivity contribution >= 4 is 22.6 Å². The number of hydrogen-bond acceptors (Lipinski definition) is 1. The van der Waals surface area contributed by atoms with Crippen molar-refractivity contribution in [3.05, 3.63) is 35.4 Å². The molecule has 0 aliphatic carbocycles. The lowest BCUT2D eigenvalue weighted by molar-refractivity contribution is 0.0399. The maximum absolute atomic E-state index is 6.20. The van der Waals surface area contributed by atoms with Crippen molar-refractivity contribution in [3.8, 4) is 0 Å². The van der Waals surface area contributed by atoms with Gasteiger partial charge in [-0.1, -0.05) is 80.0 Å². The topological polar surface area (TPSA) is 9.23 Å². The zero-order chi connectivity index (χ0) is 14.1. The molecule has 0 amide bonds. The van der Waals surface area contributed by atoms with Crippen molar-refractivity contribution < 1.29 is 4.74 Å². The summed E-state index contributed by atoms with van der Waals surface area (Å²) in [7, 11) is 0. The van der Waals surface area contributed by atoms with E-state index in [1.54, 1.807) is 0 Å². The number of unbranched alkanes of at least 4 members (excludes halogenated alkanes) is 1. The fraction of sp³-hybridized carbons (Fsp3) is 0.647. The molecular weight excluding hydrogens is 347 g/mol. The number of benzene rings is 1. The molecule has 19 heavy (non-hydrogen) atoms. The van der Waals surface area contributed by atoms with E-state index >= 15 is 0 Å². The molecule has 1 aromatic carbocycles. The first-order valence-corrected chi connectivity index (χ1v) is 8.98. The highest BCUT2D eigenvalue weighted by Gasteiger charge is 2.15. The Balaban J connectivity index is 2.55. The summed E-state index contributed by atoms with van der Waals surface area (Å²) in [6, 6.07) is 8.58. The van der Waals surface area contributed by atoms with Gasteiger partial charge in [-0.15, -0.1) is 0 Å². The molecule has 0 radical (unpaired) electrons. The Hall–Kier alpha value is -0.0900. The van der Waals surface area contributed by atoms with Crippen LogP contribution in [-0.4, -0.2) is 11.0 Å². The molecule has 0 aliphatic rings. The summed E-state index contributed by atoms with van der Waals surface area (Å²) in [4.78, 5) is 0. The molecule has 2 unspecified atom stereocenters. The Morgan fingerprint density at radius 1 is 1.21 bits per heavy atom. The molecule has 108 valence electrons. The Morgan fingerprint density at radius 3 is 2.53 bits per heavy atom. The number of ether oxygens (including phenoxy) is 1.